The van der Waals surface area contributed by atoms with Gasteiger partial charge in [-0.3, -0.25) is 4.79 Å². The first-order chi connectivity index (χ1) is 7.72. The first kappa shape index (κ1) is 14.0. The van der Waals surface area contributed by atoms with Gasteiger partial charge in [0, 0.05) is 17.8 Å². The number of hydrogen-bond acceptors (Lipinski definition) is 1. The molecule has 1 fully saturated rings. The van der Waals surface area contributed by atoms with Gasteiger partial charge >= 0.3 is 0 Å². The lowest BCUT2D eigenvalue weighted by molar-refractivity contribution is -0.122. The fourth-order valence-electron chi connectivity index (χ4n) is 2.44. The third-order valence-electron chi connectivity index (χ3n) is 3.43. The van der Waals surface area contributed by atoms with Crippen molar-refractivity contribution in [3.05, 3.63) is 0 Å². The minimum Gasteiger partial charge on any atom is -0.354 e. The number of alkyl halides is 1. The zero-order valence-electron chi connectivity index (χ0n) is 10.3. The summed E-state index contributed by atoms with van der Waals surface area (Å²) in [5.41, 5.74) is 0. The van der Waals surface area contributed by atoms with Crippen LogP contribution in [-0.4, -0.2) is 17.3 Å². The Kier molecular flexibility index (Phi) is 7.10. The molecular weight excluding hydrogens is 266 g/mol. The maximum atomic E-state index is 11.7. The molecule has 1 aliphatic rings. The molecule has 0 aromatic carbocycles. The Balaban J connectivity index is 2.05. The fraction of sp³-hybridized carbons (Fsp3) is 0.923. The molecule has 0 bridgehead atoms. The number of carbonyl (C=O) groups is 1. The standard InChI is InChI=1S/C13H24BrNO/c1-11(5-4-10-14)15-13(16)9-8-12-6-2-3-7-12/h11-12H,2-10H2,1H3,(H,15,16). The van der Waals surface area contributed by atoms with E-state index < -0.39 is 0 Å². The zero-order chi connectivity index (χ0) is 11.8. The fourth-order valence-corrected chi connectivity index (χ4v) is 2.76. The molecule has 1 aliphatic carbocycles. The van der Waals surface area contributed by atoms with Crippen LogP contribution in [0.25, 0.3) is 0 Å². The number of carbonyl (C=O) groups excluding carboxylic acids is 1. The molecule has 1 saturated carbocycles. The average molecular weight is 290 g/mol. The summed E-state index contributed by atoms with van der Waals surface area (Å²) in [7, 11) is 0. The van der Waals surface area contributed by atoms with E-state index in [1.807, 2.05) is 0 Å². The van der Waals surface area contributed by atoms with Crippen molar-refractivity contribution in [1.29, 1.82) is 0 Å². The Morgan fingerprint density at radius 2 is 2.12 bits per heavy atom. The summed E-state index contributed by atoms with van der Waals surface area (Å²) in [6.07, 6.45) is 9.44. The predicted molar refractivity (Wildman–Crippen MR) is 71.8 cm³/mol. The van der Waals surface area contributed by atoms with Crippen molar-refractivity contribution in [2.75, 3.05) is 5.33 Å². The molecule has 0 aromatic heterocycles. The van der Waals surface area contributed by atoms with Gasteiger partial charge < -0.3 is 5.32 Å². The average Bonchev–Trinajstić information content (AvgIpc) is 2.76. The smallest absolute Gasteiger partial charge is 0.220 e. The van der Waals surface area contributed by atoms with Crippen molar-refractivity contribution in [3.8, 4) is 0 Å². The lowest BCUT2D eigenvalue weighted by atomic mass is 10.0. The second-order valence-electron chi connectivity index (χ2n) is 4.99. The van der Waals surface area contributed by atoms with Gasteiger partial charge in [0.15, 0.2) is 0 Å². The van der Waals surface area contributed by atoms with Crippen molar-refractivity contribution < 1.29 is 4.79 Å². The van der Waals surface area contributed by atoms with Crippen molar-refractivity contribution in [2.45, 2.75) is 64.3 Å². The first-order valence-electron chi connectivity index (χ1n) is 6.57. The molecule has 0 saturated heterocycles. The second-order valence-corrected chi connectivity index (χ2v) is 5.78. The third kappa shape index (κ3) is 5.88. The summed E-state index contributed by atoms with van der Waals surface area (Å²) >= 11 is 3.41. The van der Waals surface area contributed by atoms with Gasteiger partial charge in [0.05, 0.1) is 0 Å². The molecule has 0 aliphatic heterocycles. The molecule has 0 radical (unpaired) electrons. The molecule has 2 nitrogen and oxygen atoms in total. The molecule has 0 spiro atoms. The van der Waals surface area contributed by atoms with Gasteiger partial charge in [0.1, 0.15) is 0 Å². The van der Waals surface area contributed by atoms with Gasteiger partial charge in [-0.25, -0.2) is 0 Å². The van der Waals surface area contributed by atoms with Crippen LogP contribution in [0.1, 0.15) is 58.3 Å². The highest BCUT2D eigenvalue weighted by Crippen LogP contribution is 2.28. The number of nitrogens with one attached hydrogen (secondary N) is 1. The second kappa shape index (κ2) is 8.10. The van der Waals surface area contributed by atoms with Crippen molar-refractivity contribution >= 4 is 21.8 Å². The summed E-state index contributed by atoms with van der Waals surface area (Å²) in [6, 6.07) is 0.327. The molecule has 1 N–H and O–H groups in total. The van der Waals surface area contributed by atoms with Gasteiger partial charge in [0.2, 0.25) is 5.91 Å². The molecule has 1 atom stereocenters. The Bertz CT molecular complexity index is 202. The van der Waals surface area contributed by atoms with Gasteiger partial charge in [-0.15, -0.1) is 0 Å². The summed E-state index contributed by atoms with van der Waals surface area (Å²) in [6.45, 7) is 2.09. The van der Waals surface area contributed by atoms with E-state index in [1.54, 1.807) is 0 Å². The molecule has 1 amide bonds. The minimum absolute atomic E-state index is 0.244. The van der Waals surface area contributed by atoms with E-state index in [9.17, 15) is 4.79 Å². The van der Waals surface area contributed by atoms with E-state index in [4.69, 9.17) is 0 Å². The minimum atomic E-state index is 0.244. The Morgan fingerprint density at radius 1 is 1.44 bits per heavy atom. The molecule has 0 aromatic rings. The SMILES string of the molecule is CC(CCCBr)NC(=O)CCC1CCCC1. The lowest BCUT2D eigenvalue weighted by Crippen LogP contribution is -2.32. The van der Waals surface area contributed by atoms with Gasteiger partial charge in [-0.2, -0.15) is 0 Å². The molecule has 16 heavy (non-hydrogen) atoms. The molecule has 3 heteroatoms. The van der Waals surface area contributed by atoms with Crippen LogP contribution >= 0.6 is 15.9 Å². The van der Waals surface area contributed by atoms with Crippen LogP contribution in [0.2, 0.25) is 0 Å². The van der Waals surface area contributed by atoms with Crippen molar-refractivity contribution in [2.24, 2.45) is 5.92 Å². The molecule has 1 rings (SSSR count). The Morgan fingerprint density at radius 3 is 2.75 bits per heavy atom. The summed E-state index contributed by atoms with van der Waals surface area (Å²) in [4.78, 5) is 11.7. The highest BCUT2D eigenvalue weighted by Gasteiger charge is 2.16. The van der Waals surface area contributed by atoms with E-state index in [0.717, 1.165) is 36.9 Å². The normalized spacial score (nSPS) is 18.6. The lowest BCUT2D eigenvalue weighted by Gasteiger charge is -2.14. The molecular formula is C13H24BrNO. The number of halogens is 1. The maximum Gasteiger partial charge on any atom is 0.220 e. The van der Waals surface area contributed by atoms with Crippen LogP contribution in [0, 0.1) is 5.92 Å². The van der Waals surface area contributed by atoms with Crippen molar-refractivity contribution in [3.63, 3.8) is 0 Å². The van der Waals surface area contributed by atoms with Crippen LogP contribution in [0.4, 0.5) is 0 Å². The van der Waals surface area contributed by atoms with E-state index in [2.05, 4.69) is 28.2 Å². The van der Waals surface area contributed by atoms with E-state index in [-0.39, 0.29) is 5.91 Å². The zero-order valence-corrected chi connectivity index (χ0v) is 11.9. The van der Waals surface area contributed by atoms with E-state index in [1.165, 1.54) is 25.7 Å². The van der Waals surface area contributed by atoms with Crippen LogP contribution in [0.5, 0.6) is 0 Å². The monoisotopic (exact) mass is 289 g/mol. The summed E-state index contributed by atoms with van der Waals surface area (Å²) in [5.74, 6) is 1.07. The molecule has 1 unspecified atom stereocenters. The largest absolute Gasteiger partial charge is 0.354 e. The summed E-state index contributed by atoms with van der Waals surface area (Å²) in [5, 5.41) is 4.10. The van der Waals surface area contributed by atoms with E-state index in [0.29, 0.717) is 6.04 Å². The molecule has 94 valence electrons. The van der Waals surface area contributed by atoms with Crippen LogP contribution < -0.4 is 5.32 Å². The highest BCUT2D eigenvalue weighted by molar-refractivity contribution is 9.09. The highest BCUT2D eigenvalue weighted by atomic mass is 79.9. The topological polar surface area (TPSA) is 29.1 Å². The van der Waals surface area contributed by atoms with Crippen LogP contribution in [-0.2, 0) is 4.79 Å². The van der Waals surface area contributed by atoms with Crippen molar-refractivity contribution in [1.82, 2.24) is 5.32 Å². The van der Waals surface area contributed by atoms with Gasteiger partial charge in [-0.05, 0) is 32.1 Å². The molecule has 0 heterocycles. The third-order valence-corrected chi connectivity index (χ3v) is 3.99. The number of hydrogen-bond donors (Lipinski definition) is 1. The predicted octanol–water partition coefficient (Wildman–Crippen LogP) is 3.64. The Hall–Kier alpha value is -0.0500. The van der Waals surface area contributed by atoms with Gasteiger partial charge in [0.25, 0.3) is 0 Å². The van der Waals surface area contributed by atoms with Gasteiger partial charge in [-0.1, -0.05) is 41.6 Å². The maximum absolute atomic E-state index is 11.7. The number of rotatable bonds is 7. The van der Waals surface area contributed by atoms with Crippen LogP contribution in [0.3, 0.4) is 0 Å². The number of amides is 1. The van der Waals surface area contributed by atoms with E-state index >= 15 is 0 Å². The first-order valence-corrected chi connectivity index (χ1v) is 7.70. The quantitative estimate of drug-likeness (QED) is 0.713. The summed E-state index contributed by atoms with van der Waals surface area (Å²) < 4.78 is 0. The Labute approximate surface area is 108 Å². The van der Waals surface area contributed by atoms with Crippen LogP contribution in [0.15, 0.2) is 0 Å².